The van der Waals surface area contributed by atoms with E-state index in [0.29, 0.717) is 30.9 Å². The number of likely N-dealkylation sites (tertiary alicyclic amines) is 1. The summed E-state index contributed by atoms with van der Waals surface area (Å²) in [5, 5.41) is 6.06. The standard InChI is InChI=1S/C17H23N3O2S/c1-21-13-16-18-17(22-19-16)12-20-10-4-2-3-6-14(20)8-9-15-7-5-11-23-15/h5,7-9,11,14H,2-4,6,10,12-13H2,1H3/b9-8+/t14-/m1/s1. The van der Waals surface area contributed by atoms with E-state index in [0.717, 1.165) is 6.54 Å². The summed E-state index contributed by atoms with van der Waals surface area (Å²) in [7, 11) is 1.64. The molecule has 2 aromatic heterocycles. The Morgan fingerprint density at radius 3 is 3.22 bits per heavy atom. The largest absolute Gasteiger partial charge is 0.377 e. The molecule has 0 N–H and O–H groups in total. The second-order valence-electron chi connectivity index (χ2n) is 5.80. The Morgan fingerprint density at radius 1 is 1.43 bits per heavy atom. The fourth-order valence-electron chi connectivity index (χ4n) is 2.92. The highest BCUT2D eigenvalue weighted by atomic mass is 32.1. The third-order valence-corrected chi connectivity index (χ3v) is 4.90. The van der Waals surface area contributed by atoms with Crippen LogP contribution in [0.1, 0.15) is 42.3 Å². The van der Waals surface area contributed by atoms with Crippen LogP contribution >= 0.6 is 11.3 Å². The molecule has 23 heavy (non-hydrogen) atoms. The molecule has 0 aromatic carbocycles. The summed E-state index contributed by atoms with van der Waals surface area (Å²) in [6.07, 6.45) is 9.53. The molecule has 0 amide bonds. The van der Waals surface area contributed by atoms with Crippen molar-refractivity contribution >= 4 is 17.4 Å². The number of hydrogen-bond acceptors (Lipinski definition) is 6. The maximum absolute atomic E-state index is 5.35. The first kappa shape index (κ1) is 16.4. The lowest BCUT2D eigenvalue weighted by atomic mass is 10.1. The van der Waals surface area contributed by atoms with Crippen LogP contribution in [-0.2, 0) is 17.9 Å². The van der Waals surface area contributed by atoms with Crippen molar-refractivity contribution in [3.63, 3.8) is 0 Å². The first-order valence-electron chi connectivity index (χ1n) is 8.11. The molecule has 2 aromatic rings. The van der Waals surface area contributed by atoms with E-state index in [4.69, 9.17) is 9.26 Å². The molecule has 1 saturated heterocycles. The lowest BCUT2D eigenvalue weighted by molar-refractivity contribution is 0.173. The van der Waals surface area contributed by atoms with E-state index in [9.17, 15) is 0 Å². The minimum absolute atomic E-state index is 0.394. The topological polar surface area (TPSA) is 51.4 Å². The van der Waals surface area contributed by atoms with Crippen LogP contribution in [0.2, 0.25) is 0 Å². The molecule has 1 atom stereocenters. The summed E-state index contributed by atoms with van der Waals surface area (Å²) in [5.74, 6) is 1.29. The summed E-state index contributed by atoms with van der Waals surface area (Å²) in [6, 6.07) is 4.67. The lowest BCUT2D eigenvalue weighted by Crippen LogP contribution is -2.33. The maximum atomic E-state index is 5.35. The average Bonchev–Trinajstić information content (AvgIpc) is 3.16. The Hall–Kier alpha value is -1.50. The molecule has 5 nitrogen and oxygen atoms in total. The first-order valence-corrected chi connectivity index (χ1v) is 8.99. The summed E-state index contributed by atoms with van der Waals surface area (Å²) in [6.45, 7) is 2.17. The SMILES string of the molecule is COCc1noc(CN2CCCCC[C@@H]2/C=C/c2cccs2)n1. The molecule has 3 heterocycles. The van der Waals surface area contributed by atoms with Gasteiger partial charge in [0.1, 0.15) is 6.61 Å². The van der Waals surface area contributed by atoms with Gasteiger partial charge in [0.2, 0.25) is 5.89 Å². The maximum Gasteiger partial charge on any atom is 0.240 e. The van der Waals surface area contributed by atoms with Gasteiger partial charge in [0.05, 0.1) is 6.54 Å². The Labute approximate surface area is 141 Å². The van der Waals surface area contributed by atoms with Gasteiger partial charge in [-0.25, -0.2) is 0 Å². The number of hydrogen-bond donors (Lipinski definition) is 0. The second-order valence-corrected chi connectivity index (χ2v) is 6.78. The van der Waals surface area contributed by atoms with Gasteiger partial charge in [-0.15, -0.1) is 11.3 Å². The minimum Gasteiger partial charge on any atom is -0.377 e. The van der Waals surface area contributed by atoms with Crippen LogP contribution in [-0.4, -0.2) is 34.7 Å². The zero-order valence-corrected chi connectivity index (χ0v) is 14.3. The quantitative estimate of drug-likeness (QED) is 0.806. The molecule has 124 valence electrons. The molecule has 3 rings (SSSR count). The van der Waals surface area contributed by atoms with Crippen LogP contribution in [0.25, 0.3) is 6.08 Å². The molecule has 0 unspecified atom stereocenters. The van der Waals surface area contributed by atoms with Gasteiger partial charge in [-0.2, -0.15) is 4.98 Å². The lowest BCUT2D eigenvalue weighted by Gasteiger charge is -2.25. The zero-order chi connectivity index (χ0) is 15.9. The smallest absolute Gasteiger partial charge is 0.240 e. The van der Waals surface area contributed by atoms with E-state index < -0.39 is 0 Å². The van der Waals surface area contributed by atoms with Gasteiger partial charge in [0.15, 0.2) is 5.82 Å². The van der Waals surface area contributed by atoms with Crippen molar-refractivity contribution in [3.05, 3.63) is 40.2 Å². The van der Waals surface area contributed by atoms with E-state index in [2.05, 4.69) is 44.7 Å². The number of methoxy groups -OCH3 is 1. The normalized spacial score (nSPS) is 20.1. The minimum atomic E-state index is 0.394. The molecular formula is C17H23N3O2S. The summed E-state index contributed by atoms with van der Waals surface area (Å²) < 4.78 is 10.4. The number of ether oxygens (including phenoxy) is 1. The molecule has 1 aliphatic heterocycles. The summed E-state index contributed by atoms with van der Waals surface area (Å²) in [5.41, 5.74) is 0. The fraction of sp³-hybridized carbons (Fsp3) is 0.529. The highest BCUT2D eigenvalue weighted by Gasteiger charge is 2.21. The van der Waals surface area contributed by atoms with E-state index in [1.807, 2.05) is 0 Å². The van der Waals surface area contributed by atoms with Crippen LogP contribution in [0.5, 0.6) is 0 Å². The molecular weight excluding hydrogens is 310 g/mol. The number of aromatic nitrogens is 2. The van der Waals surface area contributed by atoms with Crippen molar-refractivity contribution in [2.45, 2.75) is 44.9 Å². The van der Waals surface area contributed by atoms with E-state index >= 15 is 0 Å². The van der Waals surface area contributed by atoms with Crippen molar-refractivity contribution in [1.29, 1.82) is 0 Å². The molecule has 1 aliphatic rings. The third-order valence-electron chi connectivity index (χ3n) is 4.06. The number of thiophene rings is 1. The van der Waals surface area contributed by atoms with Crippen LogP contribution in [0, 0.1) is 0 Å². The van der Waals surface area contributed by atoms with Crippen molar-refractivity contribution in [1.82, 2.24) is 15.0 Å². The highest BCUT2D eigenvalue weighted by molar-refractivity contribution is 7.10. The fourth-order valence-corrected chi connectivity index (χ4v) is 3.54. The number of rotatable bonds is 6. The molecule has 0 bridgehead atoms. The first-order chi connectivity index (χ1) is 11.3. The van der Waals surface area contributed by atoms with Gasteiger partial charge in [-0.05, 0) is 36.9 Å². The summed E-state index contributed by atoms with van der Waals surface area (Å²) >= 11 is 1.77. The summed E-state index contributed by atoms with van der Waals surface area (Å²) in [4.78, 5) is 8.15. The van der Waals surface area contributed by atoms with Gasteiger partial charge in [-0.3, -0.25) is 4.90 Å². The Balaban J connectivity index is 1.67. The Kier molecular flexibility index (Phi) is 5.96. The number of nitrogens with zero attached hydrogens (tertiary/aromatic N) is 3. The van der Waals surface area contributed by atoms with Gasteiger partial charge in [-0.1, -0.05) is 30.1 Å². The Morgan fingerprint density at radius 2 is 2.39 bits per heavy atom. The van der Waals surface area contributed by atoms with Gasteiger partial charge < -0.3 is 9.26 Å². The molecule has 1 fully saturated rings. The molecule has 6 heteroatoms. The molecule has 0 radical (unpaired) electrons. The van der Waals surface area contributed by atoms with Crippen LogP contribution in [0.4, 0.5) is 0 Å². The second kappa shape index (κ2) is 8.38. The highest BCUT2D eigenvalue weighted by Crippen LogP contribution is 2.21. The predicted octanol–water partition coefficient (Wildman–Crippen LogP) is 3.74. The van der Waals surface area contributed by atoms with Crippen molar-refractivity contribution in [3.8, 4) is 0 Å². The van der Waals surface area contributed by atoms with E-state index in [-0.39, 0.29) is 0 Å². The van der Waals surface area contributed by atoms with Crippen LogP contribution in [0.15, 0.2) is 28.1 Å². The third kappa shape index (κ3) is 4.73. The Bertz CT molecular complexity index is 609. The molecule has 0 spiro atoms. The van der Waals surface area contributed by atoms with Gasteiger partial charge >= 0.3 is 0 Å². The average molecular weight is 333 g/mol. The van der Waals surface area contributed by atoms with Crippen LogP contribution < -0.4 is 0 Å². The van der Waals surface area contributed by atoms with Crippen molar-refractivity contribution in [2.75, 3.05) is 13.7 Å². The van der Waals surface area contributed by atoms with Gasteiger partial charge in [0.25, 0.3) is 0 Å². The van der Waals surface area contributed by atoms with Gasteiger partial charge in [0, 0.05) is 18.0 Å². The van der Waals surface area contributed by atoms with E-state index in [1.165, 1.54) is 30.6 Å². The monoisotopic (exact) mass is 333 g/mol. The van der Waals surface area contributed by atoms with Crippen LogP contribution in [0.3, 0.4) is 0 Å². The zero-order valence-electron chi connectivity index (χ0n) is 13.5. The van der Waals surface area contributed by atoms with Crippen molar-refractivity contribution in [2.24, 2.45) is 0 Å². The van der Waals surface area contributed by atoms with E-state index in [1.54, 1.807) is 18.4 Å². The van der Waals surface area contributed by atoms with Crippen molar-refractivity contribution < 1.29 is 9.26 Å². The molecule has 0 saturated carbocycles. The molecule has 0 aliphatic carbocycles. The predicted molar refractivity (Wildman–Crippen MR) is 91.0 cm³/mol.